The van der Waals surface area contributed by atoms with Crippen LogP contribution in [0.4, 0.5) is 29.1 Å². The molecule has 0 unspecified atom stereocenters. The second kappa shape index (κ2) is 18.6. The Balaban J connectivity index is 0.000000137. The molecule has 7 heterocycles. The van der Waals surface area contributed by atoms with E-state index < -0.39 is 23.4 Å². The highest BCUT2D eigenvalue weighted by Gasteiger charge is 2.21. The van der Waals surface area contributed by atoms with E-state index in [-0.39, 0.29) is 45.0 Å². The molecule has 0 radical (unpaired) electrons. The maximum Gasteiger partial charge on any atom is 0.358 e. The van der Waals surface area contributed by atoms with Crippen LogP contribution < -0.4 is 16.6 Å². The van der Waals surface area contributed by atoms with E-state index in [2.05, 4.69) is 84.2 Å². The van der Waals surface area contributed by atoms with Gasteiger partial charge in [0.15, 0.2) is 22.2 Å². The number of nitrogens with zero attached hydrogens (tertiary/aromatic N) is 9. The van der Waals surface area contributed by atoms with Crippen LogP contribution in [0.25, 0.3) is 33.1 Å². The number of fused-ring (bicyclic) bond motifs is 4. The molecule has 1 atom stereocenters. The van der Waals surface area contributed by atoms with E-state index in [1.54, 1.807) is 0 Å². The molecule has 0 aliphatic heterocycles. The Hall–Kier alpha value is -7.28. The molecule has 4 N–H and O–H groups in total. The standard InChI is InChI=1S/C17H15FN4.C7H3ClFN3.C7H4FN3O.C7H7FN2O2/c18-12-8-15-16(19-9-12)17(21-10-20-15)22-14-7-3-5-11-4-1-2-6-13(11)14;8-7-6-5(11-3-12-7)1-4(9)2-10-6;8-4-1-5-6(9-2-4)7(12)11-3-10-5;1-12-7(11)6-5(9)2-4(8)3-10-6/h1-2,4,6,8-10,14H,3,5,7H2,(H,20,21,22);1-3H;1-3H,(H,10,11,12);2-3H,9H2,1H3/t14-;;;/m0.../s1. The fourth-order valence-corrected chi connectivity index (χ4v) is 5.82. The Labute approximate surface area is 329 Å². The summed E-state index contributed by atoms with van der Waals surface area (Å²) in [6.07, 6.45) is 11.4. The third-order valence-electron chi connectivity index (χ3n) is 8.23. The summed E-state index contributed by atoms with van der Waals surface area (Å²) in [4.78, 5) is 58.8. The largest absolute Gasteiger partial charge is 0.464 e. The van der Waals surface area contributed by atoms with Crippen molar-refractivity contribution in [2.75, 3.05) is 18.2 Å². The molecule has 15 nitrogen and oxygen atoms in total. The Kier molecular flexibility index (Phi) is 12.9. The molecule has 9 rings (SSSR count). The Morgan fingerprint density at radius 1 is 0.776 bits per heavy atom. The monoisotopic (exact) mass is 812 g/mol. The van der Waals surface area contributed by atoms with Gasteiger partial charge in [0.05, 0.1) is 66.5 Å². The van der Waals surface area contributed by atoms with E-state index in [0.29, 0.717) is 27.9 Å². The number of benzene rings is 1. The van der Waals surface area contributed by atoms with Gasteiger partial charge in [0.25, 0.3) is 5.56 Å². The predicted molar refractivity (Wildman–Crippen MR) is 205 cm³/mol. The molecule has 1 aromatic carbocycles. The summed E-state index contributed by atoms with van der Waals surface area (Å²) in [5.74, 6) is -1.92. The number of nitrogen functional groups attached to an aromatic ring is 1. The SMILES string of the molecule is COC(=O)c1ncc(F)cc1N.Fc1cnc2c(Cl)ncnc2c1.Fc1cnc2c(N[C@H]3CCCc4ccccc43)ncnc2c1.O=c1[nH]cnc2cc(F)cnc12. The van der Waals surface area contributed by atoms with Crippen molar-refractivity contribution >= 4 is 62.2 Å². The number of anilines is 2. The average Bonchev–Trinajstić information content (AvgIpc) is 3.21. The number of H-pyrrole nitrogens is 1. The Morgan fingerprint density at radius 2 is 1.36 bits per heavy atom. The second-order valence-corrected chi connectivity index (χ2v) is 12.4. The third kappa shape index (κ3) is 9.93. The van der Waals surface area contributed by atoms with Crippen LogP contribution in [0.3, 0.4) is 0 Å². The maximum absolute atomic E-state index is 13.3. The normalized spacial score (nSPS) is 12.8. The highest BCUT2D eigenvalue weighted by molar-refractivity contribution is 6.33. The molecule has 0 saturated heterocycles. The van der Waals surface area contributed by atoms with Gasteiger partial charge in [0.2, 0.25) is 0 Å². The lowest BCUT2D eigenvalue weighted by Gasteiger charge is -2.26. The van der Waals surface area contributed by atoms with Gasteiger partial charge in [0, 0.05) is 24.3 Å². The number of esters is 1. The first-order chi connectivity index (χ1) is 28.0. The van der Waals surface area contributed by atoms with Crippen LogP contribution in [0.2, 0.25) is 5.15 Å². The molecule has 58 heavy (non-hydrogen) atoms. The molecular formula is C38H29ClF4N12O3. The number of hydrogen-bond donors (Lipinski definition) is 3. The molecule has 0 amide bonds. The van der Waals surface area contributed by atoms with Crippen LogP contribution in [-0.4, -0.2) is 62.9 Å². The molecule has 20 heteroatoms. The van der Waals surface area contributed by atoms with Crippen molar-refractivity contribution in [1.82, 2.24) is 49.8 Å². The minimum atomic E-state index is -0.674. The van der Waals surface area contributed by atoms with Crippen LogP contribution in [0, 0.1) is 23.3 Å². The summed E-state index contributed by atoms with van der Waals surface area (Å²) < 4.78 is 55.2. The smallest absolute Gasteiger partial charge is 0.358 e. The number of nitrogens with two attached hydrogens (primary N) is 1. The van der Waals surface area contributed by atoms with Crippen molar-refractivity contribution in [3.05, 3.63) is 148 Å². The topological polar surface area (TPSA) is 213 Å². The van der Waals surface area contributed by atoms with Crippen molar-refractivity contribution in [1.29, 1.82) is 0 Å². The first-order valence-corrected chi connectivity index (χ1v) is 17.4. The minimum absolute atomic E-state index is 0.0261. The third-order valence-corrected chi connectivity index (χ3v) is 8.51. The number of carbonyl (C=O) groups excluding carboxylic acids is 1. The number of rotatable bonds is 3. The van der Waals surface area contributed by atoms with Gasteiger partial charge in [0.1, 0.15) is 47.0 Å². The summed E-state index contributed by atoms with van der Waals surface area (Å²) in [6.45, 7) is 0. The van der Waals surface area contributed by atoms with Gasteiger partial charge in [-0.25, -0.2) is 67.2 Å². The summed E-state index contributed by atoms with van der Waals surface area (Å²) in [7, 11) is 1.20. The van der Waals surface area contributed by atoms with Crippen LogP contribution in [0.15, 0.2) is 97.1 Å². The van der Waals surface area contributed by atoms with Crippen molar-refractivity contribution in [2.45, 2.75) is 25.3 Å². The van der Waals surface area contributed by atoms with Crippen LogP contribution in [0.5, 0.6) is 0 Å². The maximum atomic E-state index is 13.3. The van der Waals surface area contributed by atoms with Gasteiger partial charge in [-0.15, -0.1) is 0 Å². The van der Waals surface area contributed by atoms with Crippen LogP contribution >= 0.6 is 11.6 Å². The lowest BCUT2D eigenvalue weighted by atomic mass is 9.88. The van der Waals surface area contributed by atoms with E-state index in [4.69, 9.17) is 17.3 Å². The second-order valence-electron chi connectivity index (χ2n) is 12.1. The lowest BCUT2D eigenvalue weighted by molar-refractivity contribution is 0.0595. The van der Waals surface area contributed by atoms with Gasteiger partial charge in [-0.2, -0.15) is 0 Å². The van der Waals surface area contributed by atoms with E-state index in [1.165, 1.54) is 55.5 Å². The number of ether oxygens (including phenoxy) is 1. The fraction of sp³-hybridized carbons (Fsp3) is 0.132. The number of aromatic nitrogens is 10. The predicted octanol–water partition coefficient (Wildman–Crippen LogP) is 6.52. The zero-order valence-electron chi connectivity index (χ0n) is 30.1. The van der Waals surface area contributed by atoms with Gasteiger partial charge in [-0.1, -0.05) is 35.9 Å². The Morgan fingerprint density at radius 3 is 2.05 bits per heavy atom. The number of nitrogens with one attached hydrogen (secondary N) is 2. The average molecular weight is 813 g/mol. The zero-order valence-corrected chi connectivity index (χ0v) is 30.8. The molecule has 8 aromatic rings. The summed E-state index contributed by atoms with van der Waals surface area (Å²) >= 11 is 5.67. The highest BCUT2D eigenvalue weighted by Crippen LogP contribution is 2.33. The minimum Gasteiger partial charge on any atom is -0.464 e. The van der Waals surface area contributed by atoms with Crippen molar-refractivity contribution in [2.24, 2.45) is 0 Å². The van der Waals surface area contributed by atoms with Crippen molar-refractivity contribution in [3.63, 3.8) is 0 Å². The number of aryl methyl sites for hydroxylation is 1. The van der Waals surface area contributed by atoms with Crippen molar-refractivity contribution in [3.8, 4) is 0 Å². The first-order valence-electron chi connectivity index (χ1n) is 17.0. The van der Waals surface area contributed by atoms with Crippen molar-refractivity contribution < 1.29 is 27.1 Å². The van der Waals surface area contributed by atoms with E-state index in [1.807, 2.05) is 0 Å². The summed E-state index contributed by atoms with van der Waals surface area (Å²) in [5.41, 5.74) is 9.89. The molecule has 0 bridgehead atoms. The molecular weight excluding hydrogens is 784 g/mol. The number of hydrogen-bond acceptors (Lipinski definition) is 14. The number of aromatic amines is 1. The number of pyridine rings is 4. The Bertz CT molecular complexity index is 2800. The fourth-order valence-electron chi connectivity index (χ4n) is 5.64. The molecule has 0 fully saturated rings. The number of methoxy groups -OCH3 is 1. The van der Waals surface area contributed by atoms with Crippen LogP contribution in [-0.2, 0) is 11.2 Å². The highest BCUT2D eigenvalue weighted by atomic mass is 35.5. The van der Waals surface area contributed by atoms with E-state index in [0.717, 1.165) is 50.0 Å². The van der Waals surface area contributed by atoms with Crippen LogP contribution in [0.1, 0.15) is 40.5 Å². The molecule has 0 saturated carbocycles. The van der Waals surface area contributed by atoms with Gasteiger partial charge in [-0.3, -0.25) is 4.79 Å². The summed E-state index contributed by atoms with van der Waals surface area (Å²) in [6, 6.07) is 13.5. The van der Waals surface area contributed by atoms with Gasteiger partial charge < -0.3 is 20.8 Å². The lowest BCUT2D eigenvalue weighted by Crippen LogP contribution is -2.18. The first kappa shape index (κ1) is 40.4. The van der Waals surface area contributed by atoms with Gasteiger partial charge in [-0.05, 0) is 30.4 Å². The zero-order chi connectivity index (χ0) is 41.2. The molecule has 0 spiro atoms. The summed E-state index contributed by atoms with van der Waals surface area (Å²) in [5, 5.41) is 3.70. The molecule has 294 valence electrons. The van der Waals surface area contributed by atoms with E-state index in [9.17, 15) is 27.2 Å². The number of carbonyl (C=O) groups is 1. The van der Waals surface area contributed by atoms with Gasteiger partial charge >= 0.3 is 5.97 Å². The molecule has 7 aromatic heterocycles. The number of halogens is 5. The molecule has 1 aliphatic rings. The van der Waals surface area contributed by atoms with E-state index >= 15 is 0 Å². The quantitative estimate of drug-likeness (QED) is 0.0985. The molecule has 1 aliphatic carbocycles.